The number of nitrogens with zero attached hydrogens (tertiary/aromatic N) is 2. The largest absolute Gasteiger partial charge is 0.464 e. The molecule has 19 nitrogen and oxygen atoms in total. The number of hydrogen-bond donors (Lipinski definition) is 5. The number of ether oxygens (including phenoxy) is 6. The van der Waals surface area contributed by atoms with E-state index in [2.05, 4.69) is 31.6 Å². The van der Waals surface area contributed by atoms with Crippen molar-refractivity contribution >= 4 is 58.2 Å². The number of halogens is 1. The first-order valence-electron chi connectivity index (χ1n) is 19.8. The summed E-state index contributed by atoms with van der Waals surface area (Å²) in [4.78, 5) is 80.9. The molecule has 2 aliphatic rings. The van der Waals surface area contributed by atoms with E-state index in [1.807, 2.05) is 29.6 Å². The van der Waals surface area contributed by atoms with Gasteiger partial charge in [-0.25, -0.2) is 4.98 Å². The molecule has 334 valence electrons. The Bertz CT molecular complexity index is 1530. The first kappa shape index (κ1) is 49.9. The second-order valence-electron chi connectivity index (χ2n) is 17.2. The molecule has 0 spiro atoms. The smallest absolute Gasteiger partial charge is 0.313 e. The van der Waals surface area contributed by atoms with Gasteiger partial charge in [0, 0.05) is 63.6 Å². The van der Waals surface area contributed by atoms with Crippen LogP contribution in [0.2, 0.25) is 0 Å². The molecule has 3 rings (SSSR count). The van der Waals surface area contributed by atoms with E-state index in [0.717, 1.165) is 5.69 Å². The summed E-state index contributed by atoms with van der Waals surface area (Å²) in [5, 5.41) is 14.5. The molecule has 3 unspecified atom stereocenters. The molecule has 3 heterocycles. The second kappa shape index (κ2) is 23.0. The summed E-state index contributed by atoms with van der Waals surface area (Å²) in [6.45, 7) is 13.3. The van der Waals surface area contributed by atoms with Crippen LogP contribution < -0.4 is 26.6 Å². The fourth-order valence-corrected chi connectivity index (χ4v) is 5.74. The number of aromatic nitrogens is 2. The highest BCUT2D eigenvalue weighted by Gasteiger charge is 2.48. The van der Waals surface area contributed by atoms with Crippen molar-refractivity contribution in [2.24, 2.45) is 28.7 Å². The Balaban J connectivity index is 1.44. The van der Waals surface area contributed by atoms with E-state index in [-0.39, 0.29) is 101 Å². The Morgan fingerprint density at radius 2 is 1.27 bits per heavy atom. The van der Waals surface area contributed by atoms with Crippen LogP contribution in [0.3, 0.4) is 0 Å². The van der Waals surface area contributed by atoms with Gasteiger partial charge in [-0.15, -0.1) is 0 Å². The summed E-state index contributed by atoms with van der Waals surface area (Å²) in [6, 6.07) is -0.849. The first-order valence-corrected chi connectivity index (χ1v) is 21.3. The van der Waals surface area contributed by atoms with Crippen LogP contribution in [0.4, 0.5) is 0 Å². The van der Waals surface area contributed by atoms with Crippen LogP contribution in [0.25, 0.3) is 0 Å². The van der Waals surface area contributed by atoms with Gasteiger partial charge in [0.25, 0.3) is 0 Å². The van der Waals surface area contributed by atoms with Gasteiger partial charge >= 0.3 is 17.9 Å². The summed E-state index contributed by atoms with van der Waals surface area (Å²) >= 11 is 1.94. The van der Waals surface area contributed by atoms with Crippen molar-refractivity contribution in [1.29, 1.82) is 0 Å². The fourth-order valence-electron chi connectivity index (χ4n) is 5.52. The van der Waals surface area contributed by atoms with Gasteiger partial charge < -0.3 is 59.6 Å². The van der Waals surface area contributed by atoms with E-state index in [9.17, 15) is 28.8 Å². The second-order valence-corrected chi connectivity index (χ2v) is 17.9. The number of aryl methyl sites for hydroxylation is 1. The topological polar surface area (TPSA) is 256 Å². The molecule has 0 radical (unpaired) electrons. The molecular weight excluding hydrogens is 885 g/mol. The number of carbonyl (C=O) groups is 6. The Morgan fingerprint density at radius 3 is 1.73 bits per heavy atom. The molecule has 2 fully saturated rings. The Kier molecular flexibility index (Phi) is 19.4. The standard InChI is InChI=1S/C39H64IN7O12/c1-36(2,3)33(51)57-22-39(23-58-34(52)37(4,5)28-18-44-28,24-59-35(53)38(6,7)29-19-45-29)21-56-20-31(49)42-9-11-54-13-14-55-12-10-43-32(50)27(46-30(48)16-40)15-26-17-41-25-47(26)8/h17,25,27-29,44-45H,9-16,18-24H2,1-8H3,(H,42,49)(H,43,50)(H,46,48). The maximum Gasteiger partial charge on any atom is 0.313 e. The van der Waals surface area contributed by atoms with Crippen molar-refractivity contribution in [3.8, 4) is 0 Å². The van der Waals surface area contributed by atoms with Crippen LogP contribution >= 0.6 is 22.6 Å². The lowest BCUT2D eigenvalue weighted by Crippen LogP contribution is -2.49. The van der Waals surface area contributed by atoms with Gasteiger partial charge in [-0.05, 0) is 48.5 Å². The third kappa shape index (κ3) is 16.9. The van der Waals surface area contributed by atoms with Crippen molar-refractivity contribution in [2.45, 2.75) is 73.0 Å². The minimum absolute atomic E-state index is 0.0478. The van der Waals surface area contributed by atoms with Gasteiger partial charge in [0.15, 0.2) is 0 Å². The maximum absolute atomic E-state index is 13.2. The summed E-state index contributed by atoms with van der Waals surface area (Å²) in [5.41, 5.74) is -3.04. The SMILES string of the molecule is Cn1cncc1CC(NC(=O)CI)C(=O)NCCOCCOCCNC(=O)COCC(COC(=O)C(C)(C)C)(COC(=O)C(C)(C)C1CN1)COC(=O)C(C)(C)C1CN1. The molecule has 59 heavy (non-hydrogen) atoms. The molecule has 0 aromatic carbocycles. The Labute approximate surface area is 360 Å². The molecule has 0 bridgehead atoms. The molecule has 2 saturated heterocycles. The van der Waals surface area contributed by atoms with Crippen LogP contribution in [-0.4, -0.2) is 153 Å². The quantitative estimate of drug-likeness (QED) is 0.0183. The van der Waals surface area contributed by atoms with Gasteiger partial charge in [0.2, 0.25) is 17.7 Å². The minimum Gasteiger partial charge on any atom is -0.464 e. The van der Waals surface area contributed by atoms with Crippen LogP contribution in [-0.2, 0) is 70.7 Å². The predicted molar refractivity (Wildman–Crippen MR) is 222 cm³/mol. The molecular formula is C39H64IN7O12. The van der Waals surface area contributed by atoms with Crippen LogP contribution in [0.1, 0.15) is 54.2 Å². The first-order chi connectivity index (χ1) is 27.7. The summed E-state index contributed by atoms with van der Waals surface area (Å²) in [5.74, 6) is -2.51. The van der Waals surface area contributed by atoms with E-state index in [1.54, 1.807) is 65.6 Å². The third-order valence-electron chi connectivity index (χ3n) is 9.98. The van der Waals surface area contributed by atoms with Crippen LogP contribution in [0.15, 0.2) is 12.5 Å². The number of carbonyl (C=O) groups excluding carboxylic acids is 6. The monoisotopic (exact) mass is 949 g/mol. The van der Waals surface area contributed by atoms with Crippen molar-refractivity contribution in [3.05, 3.63) is 18.2 Å². The summed E-state index contributed by atoms with van der Waals surface area (Å²) in [6.07, 6.45) is 3.57. The zero-order chi connectivity index (χ0) is 43.9. The number of rotatable bonds is 28. The average Bonchev–Trinajstić information content (AvgIpc) is 4.12. The van der Waals surface area contributed by atoms with E-state index >= 15 is 0 Å². The Morgan fingerprint density at radius 1 is 0.763 bits per heavy atom. The Hall–Kier alpha value is -3.44. The molecule has 5 N–H and O–H groups in total. The summed E-state index contributed by atoms with van der Waals surface area (Å²) < 4.78 is 36.2. The number of imidazole rings is 1. The van der Waals surface area contributed by atoms with Gasteiger partial charge in [0.1, 0.15) is 32.5 Å². The molecule has 3 amide bonds. The number of alkyl halides is 1. The predicted octanol–water partition coefficient (Wildman–Crippen LogP) is -0.177. The van der Waals surface area contributed by atoms with E-state index in [1.165, 1.54) is 0 Å². The normalized spacial score (nSPS) is 17.8. The van der Waals surface area contributed by atoms with Crippen molar-refractivity contribution in [1.82, 2.24) is 36.1 Å². The molecule has 20 heteroatoms. The third-order valence-corrected chi connectivity index (χ3v) is 10.7. The average molecular weight is 950 g/mol. The van der Waals surface area contributed by atoms with Crippen molar-refractivity contribution in [3.63, 3.8) is 0 Å². The number of nitrogens with one attached hydrogen (secondary N) is 5. The van der Waals surface area contributed by atoms with Gasteiger partial charge in [-0.3, -0.25) is 28.8 Å². The van der Waals surface area contributed by atoms with Gasteiger partial charge in [-0.2, -0.15) is 0 Å². The van der Waals surface area contributed by atoms with Gasteiger partial charge in [-0.1, -0.05) is 22.6 Å². The van der Waals surface area contributed by atoms with Crippen LogP contribution in [0, 0.1) is 21.7 Å². The molecule has 1 aromatic heterocycles. The highest BCUT2D eigenvalue weighted by atomic mass is 127. The van der Waals surface area contributed by atoms with E-state index < -0.39 is 51.5 Å². The lowest BCUT2D eigenvalue weighted by atomic mass is 9.87. The minimum atomic E-state index is -1.33. The van der Waals surface area contributed by atoms with Crippen molar-refractivity contribution in [2.75, 3.05) is 90.1 Å². The number of hydrogen-bond acceptors (Lipinski definition) is 15. The van der Waals surface area contributed by atoms with Crippen molar-refractivity contribution < 1.29 is 57.2 Å². The van der Waals surface area contributed by atoms with Gasteiger partial charge in [0.05, 0.1) is 65.4 Å². The molecule has 0 saturated carbocycles. The van der Waals surface area contributed by atoms with Crippen LogP contribution in [0.5, 0.6) is 0 Å². The molecule has 1 aromatic rings. The maximum atomic E-state index is 13.2. The molecule has 0 aliphatic carbocycles. The fraction of sp³-hybridized carbons (Fsp3) is 0.769. The lowest BCUT2D eigenvalue weighted by molar-refractivity contribution is -0.178. The highest BCUT2D eigenvalue weighted by Crippen LogP contribution is 2.32. The zero-order valence-corrected chi connectivity index (χ0v) is 37.8. The number of esters is 3. The summed E-state index contributed by atoms with van der Waals surface area (Å²) in [7, 11) is 1.82. The lowest BCUT2D eigenvalue weighted by Gasteiger charge is -2.35. The highest BCUT2D eigenvalue weighted by molar-refractivity contribution is 14.1. The van der Waals surface area contributed by atoms with E-state index in [0.29, 0.717) is 19.5 Å². The molecule has 3 atom stereocenters. The molecule has 2 aliphatic heterocycles. The zero-order valence-electron chi connectivity index (χ0n) is 35.7. The number of amides is 3. The van der Waals surface area contributed by atoms with E-state index in [4.69, 9.17) is 28.4 Å².